The fourth-order valence-electron chi connectivity index (χ4n) is 1.10. The zero-order valence-corrected chi connectivity index (χ0v) is 10.8. The van der Waals surface area contributed by atoms with E-state index in [2.05, 4.69) is 14.6 Å². The van der Waals surface area contributed by atoms with Crippen molar-refractivity contribution in [2.45, 2.75) is 25.8 Å². The van der Waals surface area contributed by atoms with Crippen molar-refractivity contribution in [3.63, 3.8) is 0 Å². The third kappa shape index (κ3) is 7.91. The van der Waals surface area contributed by atoms with Gasteiger partial charge in [-0.1, -0.05) is 12.1 Å². The highest BCUT2D eigenvalue weighted by Crippen LogP contribution is 1.99. The van der Waals surface area contributed by atoms with Crippen LogP contribution < -0.4 is 15.2 Å². The summed E-state index contributed by atoms with van der Waals surface area (Å²) in [4.78, 5) is 0. The van der Waals surface area contributed by atoms with Crippen molar-refractivity contribution in [3.8, 4) is 0 Å². The Bertz CT molecular complexity index is 330. The van der Waals surface area contributed by atoms with Crippen molar-refractivity contribution >= 4 is 16.0 Å². The monoisotopic (exact) mass is 268 g/mol. The lowest BCUT2D eigenvalue weighted by Crippen LogP contribution is -2.44. The lowest BCUT2D eigenvalue weighted by Gasteiger charge is -2.16. The van der Waals surface area contributed by atoms with Gasteiger partial charge in [-0.15, -0.1) is 0 Å². The number of hydrogen-bond donors (Lipinski definition) is 4. The Kier molecular flexibility index (Phi) is 7.79. The van der Waals surface area contributed by atoms with Crippen molar-refractivity contribution < 1.29 is 18.4 Å². The molecule has 5 N–H and O–H groups in total. The minimum absolute atomic E-state index is 0.0172. The van der Waals surface area contributed by atoms with Crippen molar-refractivity contribution in [2.24, 2.45) is 10.9 Å². The summed E-state index contributed by atoms with van der Waals surface area (Å²) < 4.78 is 32.5. The molecule has 1 atom stereocenters. The van der Waals surface area contributed by atoms with Gasteiger partial charge in [0.2, 0.25) is 0 Å². The van der Waals surface area contributed by atoms with Gasteiger partial charge in [0.15, 0.2) is 0 Å². The molecule has 0 saturated carbocycles. The van der Waals surface area contributed by atoms with Gasteiger partial charge in [-0.05, 0) is 6.42 Å². The minimum atomic E-state index is -3.59. The normalized spacial score (nSPS) is 14.8. The van der Waals surface area contributed by atoms with Crippen LogP contribution in [0.1, 0.15) is 19.8 Å². The quantitative estimate of drug-likeness (QED) is 0.140. The molecule has 0 aliphatic carbocycles. The van der Waals surface area contributed by atoms with E-state index in [0.29, 0.717) is 6.42 Å². The highest BCUT2D eigenvalue weighted by Gasteiger charge is 2.17. The number of nitrogens with zero attached hydrogens (tertiary/aromatic N) is 1. The van der Waals surface area contributed by atoms with E-state index < -0.39 is 16.3 Å². The number of nitrogens with two attached hydrogens (primary N) is 1. The summed E-state index contributed by atoms with van der Waals surface area (Å²) in [7, 11) is -2.11. The Morgan fingerprint density at radius 2 is 2.24 bits per heavy atom. The van der Waals surface area contributed by atoms with Crippen LogP contribution in [-0.2, 0) is 14.9 Å². The highest BCUT2D eigenvalue weighted by atomic mass is 32.2. The Morgan fingerprint density at radius 3 is 2.71 bits per heavy atom. The van der Waals surface area contributed by atoms with Gasteiger partial charge < -0.3 is 15.7 Å². The van der Waals surface area contributed by atoms with Crippen molar-refractivity contribution in [1.82, 2.24) is 9.44 Å². The molecular weight excluding hydrogens is 248 g/mol. The number of rotatable bonds is 9. The fourth-order valence-corrected chi connectivity index (χ4v) is 2.23. The van der Waals surface area contributed by atoms with Crippen LogP contribution >= 0.6 is 0 Å². The molecule has 0 rings (SSSR count). The third-order valence-corrected chi connectivity index (χ3v) is 3.22. The van der Waals surface area contributed by atoms with E-state index in [-0.39, 0.29) is 25.4 Å². The van der Waals surface area contributed by atoms with Crippen LogP contribution in [0.2, 0.25) is 0 Å². The summed E-state index contributed by atoms with van der Waals surface area (Å²) in [5, 5.41) is 11.2. The molecule has 0 heterocycles. The van der Waals surface area contributed by atoms with E-state index in [1.807, 2.05) is 0 Å². The number of ether oxygens (including phenoxy) is 1. The molecule has 0 aromatic heterocycles. The first kappa shape index (κ1) is 16.1. The van der Waals surface area contributed by atoms with E-state index in [4.69, 9.17) is 15.7 Å². The molecule has 0 aromatic rings. The molecule has 17 heavy (non-hydrogen) atoms. The summed E-state index contributed by atoms with van der Waals surface area (Å²) in [6.45, 7) is 2.27. The van der Waals surface area contributed by atoms with Gasteiger partial charge >= 0.3 is 0 Å². The minimum Gasteiger partial charge on any atom is -0.409 e. The van der Waals surface area contributed by atoms with Crippen LogP contribution in [0, 0.1) is 0 Å². The SMILES string of the molecule is CCC(CC(N)=NO)NS(=O)(=O)NCCOC. The lowest BCUT2D eigenvalue weighted by molar-refractivity contribution is 0.204. The van der Waals surface area contributed by atoms with Crippen molar-refractivity contribution in [3.05, 3.63) is 0 Å². The zero-order valence-electron chi connectivity index (χ0n) is 10.0. The maximum atomic E-state index is 11.5. The van der Waals surface area contributed by atoms with Gasteiger partial charge in [0.1, 0.15) is 5.84 Å². The average Bonchev–Trinajstić information content (AvgIpc) is 2.27. The summed E-state index contributed by atoms with van der Waals surface area (Å²) in [6.07, 6.45) is 0.680. The zero-order chi connectivity index (χ0) is 13.3. The van der Waals surface area contributed by atoms with E-state index >= 15 is 0 Å². The molecule has 0 aliphatic heterocycles. The molecule has 0 bridgehead atoms. The molecule has 0 aromatic carbocycles. The molecular formula is C8H20N4O4S. The number of hydrogen-bond acceptors (Lipinski definition) is 5. The molecule has 0 fully saturated rings. The van der Waals surface area contributed by atoms with Crippen LogP contribution in [0.15, 0.2) is 5.16 Å². The number of methoxy groups -OCH3 is 1. The largest absolute Gasteiger partial charge is 0.409 e. The number of amidine groups is 1. The first-order valence-electron chi connectivity index (χ1n) is 5.17. The first-order valence-corrected chi connectivity index (χ1v) is 6.65. The molecule has 102 valence electrons. The Morgan fingerprint density at radius 1 is 1.59 bits per heavy atom. The summed E-state index contributed by atoms with van der Waals surface area (Å²) in [6, 6.07) is -0.411. The van der Waals surface area contributed by atoms with Crippen LogP contribution in [0.3, 0.4) is 0 Å². The van der Waals surface area contributed by atoms with E-state index in [1.54, 1.807) is 6.92 Å². The second kappa shape index (κ2) is 8.23. The molecule has 0 saturated heterocycles. The van der Waals surface area contributed by atoms with E-state index in [1.165, 1.54) is 7.11 Å². The molecule has 0 amide bonds. The molecule has 1 unspecified atom stereocenters. The van der Waals surface area contributed by atoms with Gasteiger partial charge in [0, 0.05) is 26.1 Å². The molecule has 0 radical (unpaired) electrons. The molecule has 9 heteroatoms. The molecule has 0 spiro atoms. The fraction of sp³-hybridized carbons (Fsp3) is 0.875. The van der Waals surface area contributed by atoms with E-state index in [0.717, 1.165) is 0 Å². The van der Waals surface area contributed by atoms with Gasteiger partial charge in [-0.25, -0.2) is 0 Å². The predicted molar refractivity (Wildman–Crippen MR) is 64.0 cm³/mol. The lowest BCUT2D eigenvalue weighted by atomic mass is 10.1. The summed E-state index contributed by atoms with van der Waals surface area (Å²) >= 11 is 0. The summed E-state index contributed by atoms with van der Waals surface area (Å²) in [5.41, 5.74) is 5.31. The smallest absolute Gasteiger partial charge is 0.277 e. The maximum Gasteiger partial charge on any atom is 0.277 e. The van der Waals surface area contributed by atoms with Crippen LogP contribution in [0.25, 0.3) is 0 Å². The van der Waals surface area contributed by atoms with Gasteiger partial charge in [0.25, 0.3) is 10.2 Å². The Labute approximate surface area is 101 Å². The van der Waals surface area contributed by atoms with Crippen molar-refractivity contribution in [2.75, 3.05) is 20.3 Å². The van der Waals surface area contributed by atoms with Gasteiger partial charge in [0.05, 0.1) is 6.61 Å². The van der Waals surface area contributed by atoms with E-state index in [9.17, 15) is 8.42 Å². The average molecular weight is 268 g/mol. The third-order valence-electron chi connectivity index (χ3n) is 2.00. The van der Waals surface area contributed by atoms with Gasteiger partial charge in [-0.3, -0.25) is 0 Å². The van der Waals surface area contributed by atoms with Crippen molar-refractivity contribution in [1.29, 1.82) is 0 Å². The number of oxime groups is 1. The van der Waals surface area contributed by atoms with Gasteiger partial charge in [-0.2, -0.15) is 17.9 Å². The molecule has 0 aliphatic rings. The Hall–Kier alpha value is -0.900. The van der Waals surface area contributed by atoms with Crippen LogP contribution in [0.5, 0.6) is 0 Å². The van der Waals surface area contributed by atoms with Crippen LogP contribution in [0.4, 0.5) is 0 Å². The summed E-state index contributed by atoms with van der Waals surface area (Å²) in [5.74, 6) is -0.0172. The second-order valence-corrected chi connectivity index (χ2v) is 4.94. The molecule has 8 nitrogen and oxygen atoms in total. The number of nitrogens with one attached hydrogen (secondary N) is 2. The Balaban J connectivity index is 4.25. The van der Waals surface area contributed by atoms with Crippen LogP contribution in [-0.4, -0.2) is 45.8 Å². The first-order chi connectivity index (χ1) is 7.95. The standard InChI is InChI=1S/C8H20N4O4S/c1-3-7(6-8(9)11-13)12-17(14,15)10-4-5-16-2/h7,10,12-13H,3-6H2,1-2H3,(H2,9,11). The topological polar surface area (TPSA) is 126 Å². The highest BCUT2D eigenvalue weighted by molar-refractivity contribution is 7.87. The predicted octanol–water partition coefficient (Wildman–Crippen LogP) is -1.03. The second-order valence-electron chi connectivity index (χ2n) is 3.41. The maximum absolute atomic E-state index is 11.5.